The Bertz CT molecular complexity index is 616. The van der Waals surface area contributed by atoms with Gasteiger partial charge in [-0.25, -0.2) is 17.9 Å². The molecule has 1 aromatic carbocycles. The third-order valence-corrected chi connectivity index (χ3v) is 3.69. The van der Waals surface area contributed by atoms with E-state index < -0.39 is 32.4 Å². The van der Waals surface area contributed by atoms with Crippen molar-refractivity contribution in [1.82, 2.24) is 5.32 Å². The molecule has 1 rings (SSSR count). The summed E-state index contributed by atoms with van der Waals surface area (Å²) in [6.45, 7) is 3.65. The molecule has 1 unspecified atom stereocenters. The molecule has 6 nitrogen and oxygen atoms in total. The second-order valence-electron chi connectivity index (χ2n) is 4.32. The van der Waals surface area contributed by atoms with E-state index in [1.807, 2.05) is 6.92 Å². The number of nitrogens with one attached hydrogen (secondary N) is 1. The number of sulfonamides is 1. The van der Waals surface area contributed by atoms with Crippen molar-refractivity contribution in [2.75, 3.05) is 7.11 Å². The number of carbonyl (C=O) groups excluding carboxylic acids is 1. The first-order chi connectivity index (χ1) is 9.20. The van der Waals surface area contributed by atoms with Gasteiger partial charge in [-0.1, -0.05) is 6.92 Å². The van der Waals surface area contributed by atoms with E-state index in [0.717, 1.165) is 19.2 Å². The lowest BCUT2D eigenvalue weighted by Gasteiger charge is -2.13. The van der Waals surface area contributed by atoms with Gasteiger partial charge in [-0.05, 0) is 25.5 Å². The molecule has 0 bridgehead atoms. The molecule has 0 spiro atoms. The molecule has 112 valence electrons. The van der Waals surface area contributed by atoms with Gasteiger partial charge in [0.2, 0.25) is 10.0 Å². The Morgan fingerprint density at radius 1 is 1.50 bits per heavy atom. The van der Waals surface area contributed by atoms with Gasteiger partial charge in [0.15, 0.2) is 11.6 Å². The Labute approximate surface area is 117 Å². The van der Waals surface area contributed by atoms with Crippen LogP contribution in [0.1, 0.15) is 30.6 Å². The highest BCUT2D eigenvalue weighted by Gasteiger charge is 2.22. The van der Waals surface area contributed by atoms with Crippen molar-refractivity contribution < 1.29 is 22.3 Å². The van der Waals surface area contributed by atoms with E-state index in [-0.39, 0.29) is 11.6 Å². The lowest BCUT2D eigenvalue weighted by molar-refractivity contribution is 0.0938. The van der Waals surface area contributed by atoms with E-state index in [2.05, 4.69) is 10.1 Å². The van der Waals surface area contributed by atoms with Crippen molar-refractivity contribution in [1.29, 1.82) is 0 Å². The topological polar surface area (TPSA) is 98.5 Å². The molecule has 1 atom stereocenters. The normalized spacial score (nSPS) is 12.8. The second kappa shape index (κ2) is 6.19. The van der Waals surface area contributed by atoms with Crippen LogP contribution >= 0.6 is 0 Å². The summed E-state index contributed by atoms with van der Waals surface area (Å²) >= 11 is 0. The number of benzene rings is 1. The predicted octanol–water partition coefficient (Wildman–Crippen LogP) is 1.01. The van der Waals surface area contributed by atoms with Gasteiger partial charge in [0.05, 0.1) is 7.11 Å². The summed E-state index contributed by atoms with van der Waals surface area (Å²) in [5.74, 6) is -2.05. The molecule has 0 aliphatic rings. The van der Waals surface area contributed by atoms with Crippen molar-refractivity contribution in [3.8, 4) is 5.75 Å². The number of methoxy groups -OCH3 is 1. The van der Waals surface area contributed by atoms with Crippen LogP contribution < -0.4 is 15.2 Å². The van der Waals surface area contributed by atoms with Gasteiger partial charge < -0.3 is 10.1 Å². The summed E-state index contributed by atoms with van der Waals surface area (Å²) in [5.41, 5.74) is -0.132. The minimum absolute atomic E-state index is 0.120. The maximum atomic E-state index is 13.8. The standard InChI is InChI=1S/C12H17FN2O4S/c1-4-7(2)15-12(16)8-5-9(13)11(19-3)10(6-8)20(14,17)18/h5-7H,4H2,1-3H3,(H,15,16)(H2,14,17,18). The van der Waals surface area contributed by atoms with Gasteiger partial charge in [0, 0.05) is 11.6 Å². The molecule has 1 amide bonds. The highest BCUT2D eigenvalue weighted by atomic mass is 32.2. The molecule has 8 heteroatoms. The third-order valence-electron chi connectivity index (χ3n) is 2.77. The number of rotatable bonds is 5. The second-order valence-corrected chi connectivity index (χ2v) is 5.85. The van der Waals surface area contributed by atoms with Crippen molar-refractivity contribution in [3.63, 3.8) is 0 Å². The first-order valence-corrected chi connectivity index (χ1v) is 7.46. The SMILES string of the molecule is CCC(C)NC(=O)c1cc(F)c(OC)c(S(N)(=O)=O)c1. The Morgan fingerprint density at radius 3 is 2.55 bits per heavy atom. The monoisotopic (exact) mass is 304 g/mol. The molecule has 0 saturated heterocycles. The molecule has 0 saturated carbocycles. The van der Waals surface area contributed by atoms with E-state index in [0.29, 0.717) is 6.42 Å². The van der Waals surface area contributed by atoms with Gasteiger partial charge in [0.25, 0.3) is 5.91 Å². The summed E-state index contributed by atoms with van der Waals surface area (Å²) < 4.78 is 41.3. The highest BCUT2D eigenvalue weighted by molar-refractivity contribution is 7.89. The quantitative estimate of drug-likeness (QED) is 0.848. The van der Waals surface area contributed by atoms with E-state index in [4.69, 9.17) is 5.14 Å². The fraction of sp³-hybridized carbons (Fsp3) is 0.417. The number of carbonyl (C=O) groups is 1. The number of halogens is 1. The lowest BCUT2D eigenvalue weighted by Crippen LogP contribution is -2.32. The number of ether oxygens (including phenoxy) is 1. The summed E-state index contributed by atoms with van der Waals surface area (Å²) in [5, 5.41) is 7.60. The predicted molar refractivity (Wildman–Crippen MR) is 71.5 cm³/mol. The van der Waals surface area contributed by atoms with E-state index in [1.54, 1.807) is 6.92 Å². The van der Waals surface area contributed by atoms with Gasteiger partial charge in [0.1, 0.15) is 4.90 Å². The van der Waals surface area contributed by atoms with Crippen LogP contribution in [-0.2, 0) is 10.0 Å². The summed E-state index contributed by atoms with van der Waals surface area (Å²) in [7, 11) is -3.09. The van der Waals surface area contributed by atoms with E-state index in [9.17, 15) is 17.6 Å². The molecule has 0 heterocycles. The highest BCUT2D eigenvalue weighted by Crippen LogP contribution is 2.27. The molecule has 0 aliphatic heterocycles. The molecule has 0 fully saturated rings. The van der Waals surface area contributed by atoms with Crippen LogP contribution in [0.5, 0.6) is 5.75 Å². The molecular weight excluding hydrogens is 287 g/mol. The van der Waals surface area contributed by atoms with Gasteiger partial charge in [-0.2, -0.15) is 0 Å². The maximum Gasteiger partial charge on any atom is 0.251 e. The molecule has 0 aromatic heterocycles. The third kappa shape index (κ3) is 3.67. The average molecular weight is 304 g/mol. The first-order valence-electron chi connectivity index (χ1n) is 5.91. The van der Waals surface area contributed by atoms with Crippen LogP contribution in [-0.4, -0.2) is 27.5 Å². The lowest BCUT2D eigenvalue weighted by atomic mass is 10.1. The zero-order chi connectivity index (χ0) is 15.5. The van der Waals surface area contributed by atoms with Crippen LogP contribution in [0.15, 0.2) is 17.0 Å². The van der Waals surface area contributed by atoms with Gasteiger partial charge >= 0.3 is 0 Å². The molecule has 3 N–H and O–H groups in total. The summed E-state index contributed by atoms with van der Waals surface area (Å²) in [6.07, 6.45) is 0.687. The number of hydrogen-bond donors (Lipinski definition) is 2. The van der Waals surface area contributed by atoms with Crippen LogP contribution in [0.3, 0.4) is 0 Å². The van der Waals surface area contributed by atoms with Crippen LogP contribution in [0.2, 0.25) is 0 Å². The average Bonchev–Trinajstić information content (AvgIpc) is 2.36. The fourth-order valence-corrected chi connectivity index (χ4v) is 2.25. The fourth-order valence-electron chi connectivity index (χ4n) is 1.52. The Hall–Kier alpha value is -1.67. The van der Waals surface area contributed by atoms with E-state index in [1.165, 1.54) is 0 Å². The number of hydrogen-bond acceptors (Lipinski definition) is 4. The van der Waals surface area contributed by atoms with Gasteiger partial charge in [-0.15, -0.1) is 0 Å². The van der Waals surface area contributed by atoms with E-state index >= 15 is 0 Å². The Morgan fingerprint density at radius 2 is 2.10 bits per heavy atom. The van der Waals surface area contributed by atoms with Crippen LogP contribution in [0.25, 0.3) is 0 Å². The van der Waals surface area contributed by atoms with Crippen molar-refractivity contribution in [2.45, 2.75) is 31.2 Å². The van der Waals surface area contributed by atoms with Crippen molar-refractivity contribution in [2.24, 2.45) is 5.14 Å². The minimum atomic E-state index is -4.20. The molecule has 0 aliphatic carbocycles. The Balaban J connectivity index is 3.32. The van der Waals surface area contributed by atoms with Crippen LogP contribution in [0, 0.1) is 5.82 Å². The van der Waals surface area contributed by atoms with Crippen molar-refractivity contribution >= 4 is 15.9 Å². The molecule has 0 radical (unpaired) electrons. The van der Waals surface area contributed by atoms with Gasteiger partial charge in [-0.3, -0.25) is 4.79 Å². The summed E-state index contributed by atoms with van der Waals surface area (Å²) in [6, 6.07) is 1.78. The zero-order valence-corrected chi connectivity index (χ0v) is 12.3. The van der Waals surface area contributed by atoms with Crippen molar-refractivity contribution in [3.05, 3.63) is 23.5 Å². The largest absolute Gasteiger partial charge is 0.492 e. The number of amides is 1. The number of nitrogens with two attached hydrogens (primary N) is 1. The first kappa shape index (κ1) is 16.4. The molecular formula is C12H17FN2O4S. The smallest absolute Gasteiger partial charge is 0.251 e. The van der Waals surface area contributed by atoms with Crippen LogP contribution in [0.4, 0.5) is 4.39 Å². The molecule has 20 heavy (non-hydrogen) atoms. The molecule has 1 aromatic rings. The zero-order valence-electron chi connectivity index (χ0n) is 11.4. The minimum Gasteiger partial charge on any atom is -0.492 e. The summed E-state index contributed by atoms with van der Waals surface area (Å²) in [4.78, 5) is 11.3. The Kier molecular flexibility index (Phi) is 5.07. The number of primary sulfonamides is 1. The maximum absolute atomic E-state index is 13.8.